The van der Waals surface area contributed by atoms with E-state index in [0.29, 0.717) is 17.2 Å². The molecule has 5 rings (SSSR count). The molecule has 1 amide bonds. The van der Waals surface area contributed by atoms with E-state index in [4.69, 9.17) is 10.5 Å². The predicted octanol–water partition coefficient (Wildman–Crippen LogP) is 2.22. The summed E-state index contributed by atoms with van der Waals surface area (Å²) in [5.41, 5.74) is 7.01. The lowest BCUT2D eigenvalue weighted by Crippen LogP contribution is -2.91. The van der Waals surface area contributed by atoms with Crippen molar-refractivity contribution in [1.29, 1.82) is 0 Å². The molecule has 4 aliphatic carbocycles. The van der Waals surface area contributed by atoms with E-state index in [1.807, 2.05) is 12.1 Å². The maximum atomic E-state index is 10.8. The molecule has 4 fully saturated rings. The number of benzene rings is 1. The number of carbonyl (C=O) groups is 1. The first-order chi connectivity index (χ1) is 12.0. The van der Waals surface area contributed by atoms with Gasteiger partial charge in [-0.2, -0.15) is 0 Å². The van der Waals surface area contributed by atoms with Crippen molar-refractivity contribution in [3.05, 3.63) is 29.8 Å². The molecule has 1 aromatic carbocycles. The van der Waals surface area contributed by atoms with Gasteiger partial charge in [-0.1, -0.05) is 0 Å². The Morgan fingerprint density at radius 2 is 1.72 bits per heavy atom. The molecule has 136 valence electrons. The van der Waals surface area contributed by atoms with Crippen LogP contribution in [-0.4, -0.2) is 18.6 Å². The Balaban J connectivity index is 1.33. The molecule has 0 unspecified atom stereocenters. The van der Waals surface area contributed by atoms with E-state index >= 15 is 0 Å². The van der Waals surface area contributed by atoms with Crippen molar-refractivity contribution in [2.45, 2.75) is 58.0 Å². The van der Waals surface area contributed by atoms with Crippen LogP contribution in [-0.2, 0) is 11.3 Å². The summed E-state index contributed by atoms with van der Waals surface area (Å²) in [6.07, 6.45) is 8.94. The van der Waals surface area contributed by atoms with Crippen molar-refractivity contribution in [1.82, 2.24) is 0 Å². The normalized spacial score (nSPS) is 34.0. The molecule has 0 radical (unpaired) electrons. The summed E-state index contributed by atoms with van der Waals surface area (Å²) < 4.78 is 5.33. The minimum absolute atomic E-state index is 0.0610. The first-order valence-corrected chi connectivity index (χ1v) is 9.86. The molecule has 25 heavy (non-hydrogen) atoms. The zero-order valence-corrected chi connectivity index (χ0v) is 15.2. The van der Waals surface area contributed by atoms with Crippen LogP contribution < -0.4 is 15.8 Å². The summed E-state index contributed by atoms with van der Waals surface area (Å²) >= 11 is 0. The van der Waals surface area contributed by atoms with Gasteiger partial charge in [0.25, 0.3) is 5.91 Å². The van der Waals surface area contributed by atoms with E-state index in [2.05, 4.69) is 24.4 Å². The zero-order valence-electron chi connectivity index (χ0n) is 15.2. The van der Waals surface area contributed by atoms with Gasteiger partial charge in [0.05, 0.1) is 6.04 Å². The van der Waals surface area contributed by atoms with Crippen LogP contribution >= 0.6 is 0 Å². The molecule has 0 aromatic heterocycles. The van der Waals surface area contributed by atoms with Crippen LogP contribution in [0.1, 0.15) is 51.0 Å². The molecule has 0 aliphatic heterocycles. The monoisotopic (exact) mass is 343 g/mol. The highest BCUT2D eigenvalue weighted by molar-refractivity contribution is 5.75. The van der Waals surface area contributed by atoms with Crippen LogP contribution in [0.25, 0.3) is 0 Å². The number of rotatable bonds is 7. The van der Waals surface area contributed by atoms with Gasteiger partial charge in [-0.05, 0) is 87.5 Å². The van der Waals surface area contributed by atoms with E-state index < -0.39 is 5.91 Å². The largest absolute Gasteiger partial charge is 0.484 e. The van der Waals surface area contributed by atoms with Gasteiger partial charge in [0.2, 0.25) is 0 Å². The SMILES string of the molecule is C[C@@H]([NH2+]Cc1ccc(OCC(N)=O)cc1)C12CC3CC(CC(C3)C1)C2. The molecule has 1 atom stereocenters. The third-order valence-electron chi connectivity index (χ3n) is 7.06. The number of ether oxygens (including phenoxy) is 1. The average molecular weight is 343 g/mol. The zero-order chi connectivity index (χ0) is 17.4. The van der Waals surface area contributed by atoms with Crippen molar-refractivity contribution >= 4 is 5.91 Å². The second-order valence-corrected chi connectivity index (χ2v) is 8.91. The lowest BCUT2D eigenvalue weighted by Gasteiger charge is -2.57. The molecule has 4 aliphatic rings. The van der Waals surface area contributed by atoms with E-state index in [1.54, 1.807) is 0 Å². The molecule has 0 heterocycles. The topological polar surface area (TPSA) is 68.9 Å². The van der Waals surface area contributed by atoms with E-state index in [1.165, 1.54) is 44.1 Å². The summed E-state index contributed by atoms with van der Waals surface area (Å²) in [6.45, 7) is 3.41. The quantitative estimate of drug-likeness (QED) is 0.797. The minimum atomic E-state index is -0.443. The number of hydrogen-bond donors (Lipinski definition) is 2. The Morgan fingerprint density at radius 3 is 2.24 bits per heavy atom. The van der Waals surface area contributed by atoms with Crippen molar-refractivity contribution in [2.75, 3.05) is 6.61 Å². The van der Waals surface area contributed by atoms with Gasteiger partial charge in [-0.25, -0.2) is 0 Å². The Labute approximate surface area is 150 Å². The standard InChI is InChI=1S/C21H30N2O2/c1-14(21-9-16-6-17(10-21)8-18(7-16)11-21)23-12-15-2-4-19(5-3-15)25-13-20(22)24/h2-5,14,16-18,23H,6-13H2,1H3,(H2,22,24)/p+1/t14-,16?,17?,18?,21?/m1/s1. The highest BCUT2D eigenvalue weighted by Crippen LogP contribution is 2.60. The Kier molecular flexibility index (Phi) is 4.48. The van der Waals surface area contributed by atoms with E-state index in [-0.39, 0.29) is 6.61 Å². The first-order valence-electron chi connectivity index (χ1n) is 9.86. The number of primary amides is 1. The fraction of sp³-hybridized carbons (Fsp3) is 0.667. The lowest BCUT2D eigenvalue weighted by molar-refractivity contribution is -0.717. The van der Waals surface area contributed by atoms with Crippen LogP contribution in [0.5, 0.6) is 5.75 Å². The molecule has 0 spiro atoms. The first kappa shape index (κ1) is 16.9. The van der Waals surface area contributed by atoms with Gasteiger partial charge in [0.1, 0.15) is 12.3 Å². The number of nitrogens with two attached hydrogens (primary N) is 2. The molecule has 4 nitrogen and oxygen atoms in total. The summed E-state index contributed by atoms with van der Waals surface area (Å²) in [6, 6.07) is 8.76. The van der Waals surface area contributed by atoms with Crippen molar-refractivity contribution in [3.8, 4) is 5.75 Å². The van der Waals surface area contributed by atoms with Gasteiger partial charge < -0.3 is 15.8 Å². The summed E-state index contributed by atoms with van der Waals surface area (Å²) in [7, 11) is 0. The summed E-state index contributed by atoms with van der Waals surface area (Å²) in [5.74, 6) is 3.31. The molecule has 4 heteroatoms. The second kappa shape index (κ2) is 6.64. The number of amides is 1. The second-order valence-electron chi connectivity index (χ2n) is 8.91. The predicted molar refractivity (Wildman–Crippen MR) is 96.8 cm³/mol. The average Bonchev–Trinajstić information content (AvgIpc) is 2.57. The fourth-order valence-corrected chi connectivity index (χ4v) is 6.17. The highest BCUT2D eigenvalue weighted by atomic mass is 16.5. The van der Waals surface area contributed by atoms with Crippen LogP contribution in [0.3, 0.4) is 0 Å². The smallest absolute Gasteiger partial charge is 0.255 e. The number of carbonyl (C=O) groups excluding carboxylic acids is 1. The van der Waals surface area contributed by atoms with Crippen LogP contribution in [0.4, 0.5) is 0 Å². The van der Waals surface area contributed by atoms with Crippen molar-refractivity contribution < 1.29 is 14.8 Å². The maximum Gasteiger partial charge on any atom is 0.255 e. The molecule has 4 saturated carbocycles. The van der Waals surface area contributed by atoms with Crippen LogP contribution in [0.2, 0.25) is 0 Å². The molecule has 0 saturated heterocycles. The number of hydrogen-bond acceptors (Lipinski definition) is 2. The Bertz CT molecular complexity index is 590. The minimum Gasteiger partial charge on any atom is -0.484 e. The van der Waals surface area contributed by atoms with E-state index in [9.17, 15) is 4.79 Å². The van der Waals surface area contributed by atoms with Gasteiger partial charge in [-0.3, -0.25) is 4.79 Å². The van der Waals surface area contributed by atoms with Crippen molar-refractivity contribution in [3.63, 3.8) is 0 Å². The number of quaternary nitrogens is 1. The third kappa shape index (κ3) is 3.55. The van der Waals surface area contributed by atoms with Gasteiger partial charge >= 0.3 is 0 Å². The molecule has 1 aromatic rings. The van der Waals surface area contributed by atoms with Crippen molar-refractivity contribution in [2.24, 2.45) is 28.9 Å². The Morgan fingerprint density at radius 1 is 1.16 bits per heavy atom. The Hall–Kier alpha value is -1.55. The molecular weight excluding hydrogens is 312 g/mol. The molecule has 4 bridgehead atoms. The van der Waals surface area contributed by atoms with Gasteiger partial charge in [0.15, 0.2) is 6.61 Å². The molecule has 4 N–H and O–H groups in total. The highest BCUT2D eigenvalue weighted by Gasteiger charge is 2.54. The summed E-state index contributed by atoms with van der Waals surface area (Å²) in [4.78, 5) is 10.8. The van der Waals surface area contributed by atoms with Crippen LogP contribution in [0.15, 0.2) is 24.3 Å². The fourth-order valence-electron chi connectivity index (χ4n) is 6.17. The lowest BCUT2D eigenvalue weighted by atomic mass is 9.48. The van der Waals surface area contributed by atoms with Crippen LogP contribution in [0, 0.1) is 23.2 Å². The third-order valence-corrected chi connectivity index (χ3v) is 7.06. The summed E-state index contributed by atoms with van der Waals surface area (Å²) in [5, 5.41) is 2.55. The molecular formula is C21H31N2O2+. The van der Waals surface area contributed by atoms with E-state index in [0.717, 1.165) is 24.3 Å². The maximum absolute atomic E-state index is 10.8. The van der Waals surface area contributed by atoms with Gasteiger partial charge in [-0.15, -0.1) is 0 Å². The van der Waals surface area contributed by atoms with Gasteiger partial charge in [0, 0.05) is 11.0 Å².